The van der Waals surface area contributed by atoms with Crippen LogP contribution in [0.4, 0.5) is 0 Å². The fourth-order valence-electron chi connectivity index (χ4n) is 8.26. The van der Waals surface area contributed by atoms with Gasteiger partial charge < -0.3 is 45.4 Å². The van der Waals surface area contributed by atoms with Crippen molar-refractivity contribution >= 4 is 5.91 Å². The molecule has 0 bridgehead atoms. The molecule has 1 aliphatic rings. The lowest BCUT2D eigenvalue weighted by Gasteiger charge is -2.40. The molecule has 7 N–H and O–H groups in total. The highest BCUT2D eigenvalue weighted by Crippen LogP contribution is 2.23. The summed E-state index contributed by atoms with van der Waals surface area (Å²) in [7, 11) is 0. The second-order valence-electron chi connectivity index (χ2n) is 17.8. The van der Waals surface area contributed by atoms with Gasteiger partial charge >= 0.3 is 0 Å². The largest absolute Gasteiger partial charge is 0.394 e. The molecule has 0 aromatic rings. The lowest BCUT2D eigenvalue weighted by molar-refractivity contribution is -0.303. The van der Waals surface area contributed by atoms with Crippen LogP contribution in [0.3, 0.4) is 0 Å². The van der Waals surface area contributed by atoms with Crippen molar-refractivity contribution in [3.8, 4) is 0 Å². The number of nitrogens with one attached hydrogen (secondary N) is 1. The summed E-state index contributed by atoms with van der Waals surface area (Å²) in [4.78, 5) is 13.0. The molecule has 8 atom stereocenters. The average molecular weight is 830 g/mol. The molecule has 1 aliphatic heterocycles. The molecule has 0 aromatic heterocycles. The smallest absolute Gasteiger partial charge is 0.220 e. The maximum Gasteiger partial charge on any atom is 0.220 e. The van der Waals surface area contributed by atoms with Gasteiger partial charge in [-0.15, -0.1) is 0 Å². The van der Waals surface area contributed by atoms with Crippen molar-refractivity contribution in [2.45, 2.75) is 288 Å². The maximum absolute atomic E-state index is 13.0. The van der Waals surface area contributed by atoms with E-state index in [1.165, 1.54) is 167 Å². The van der Waals surface area contributed by atoms with Crippen molar-refractivity contribution in [2.75, 3.05) is 13.2 Å². The first kappa shape index (κ1) is 55.2. The Labute approximate surface area is 356 Å². The number of hydrogen-bond donors (Lipinski definition) is 7. The molecule has 1 rings (SSSR count). The quantitative estimate of drug-likeness (QED) is 0.0296. The fourth-order valence-corrected chi connectivity index (χ4v) is 8.26. The van der Waals surface area contributed by atoms with Gasteiger partial charge in [0.25, 0.3) is 0 Å². The van der Waals surface area contributed by atoms with Crippen molar-refractivity contribution in [2.24, 2.45) is 0 Å². The molecule has 58 heavy (non-hydrogen) atoms. The van der Waals surface area contributed by atoms with E-state index in [1.807, 2.05) is 0 Å². The van der Waals surface area contributed by atoms with Crippen molar-refractivity contribution < 1.29 is 44.9 Å². The molecule has 0 radical (unpaired) electrons. The minimum Gasteiger partial charge on any atom is -0.394 e. The Bertz CT molecular complexity index is 895. The Morgan fingerprint density at radius 1 is 0.534 bits per heavy atom. The van der Waals surface area contributed by atoms with E-state index in [0.29, 0.717) is 6.42 Å². The summed E-state index contributed by atoms with van der Waals surface area (Å²) >= 11 is 0. The SMILES string of the molecule is CCCCCCCCCCCCCCCCCCCCCCCCCCC(=O)N[C@@H](CO[C@@H]1O[C@H](CO)[C@@H](O)C(O)C1O)[C@H](O)[C@H](O)CCCCCCCCCCC. The van der Waals surface area contributed by atoms with Gasteiger partial charge in [-0.1, -0.05) is 219 Å². The predicted molar refractivity (Wildman–Crippen MR) is 237 cm³/mol. The molecule has 1 fully saturated rings. The molecule has 0 aromatic carbocycles. The minimum absolute atomic E-state index is 0.254. The normalized spacial score (nSPS) is 21.3. The van der Waals surface area contributed by atoms with E-state index in [4.69, 9.17) is 9.47 Å². The molecular formula is C48H95NO9. The molecule has 1 amide bonds. The molecule has 1 heterocycles. The molecular weight excluding hydrogens is 735 g/mol. The van der Waals surface area contributed by atoms with E-state index in [-0.39, 0.29) is 18.9 Å². The van der Waals surface area contributed by atoms with Crippen LogP contribution in [0.2, 0.25) is 0 Å². The number of carbonyl (C=O) groups excluding carboxylic acids is 1. The summed E-state index contributed by atoms with van der Waals surface area (Å²) in [5.74, 6) is -0.254. The fraction of sp³-hybridized carbons (Fsp3) is 0.979. The zero-order valence-electron chi connectivity index (χ0n) is 37.7. The van der Waals surface area contributed by atoms with Crippen LogP contribution < -0.4 is 5.32 Å². The van der Waals surface area contributed by atoms with Crippen LogP contribution >= 0.6 is 0 Å². The van der Waals surface area contributed by atoms with Gasteiger partial charge in [0.2, 0.25) is 5.91 Å². The molecule has 2 unspecified atom stereocenters. The van der Waals surface area contributed by atoms with Gasteiger partial charge in [-0.05, 0) is 12.8 Å². The van der Waals surface area contributed by atoms with Crippen molar-refractivity contribution in [3.05, 3.63) is 0 Å². The Hall–Kier alpha value is -0.850. The third-order valence-corrected chi connectivity index (χ3v) is 12.3. The zero-order valence-corrected chi connectivity index (χ0v) is 37.7. The molecule has 0 spiro atoms. The minimum atomic E-state index is -1.60. The summed E-state index contributed by atoms with van der Waals surface area (Å²) in [5, 5.41) is 65.0. The van der Waals surface area contributed by atoms with E-state index in [2.05, 4.69) is 19.2 Å². The van der Waals surface area contributed by atoms with Gasteiger partial charge in [-0.3, -0.25) is 4.79 Å². The summed E-state index contributed by atoms with van der Waals surface area (Å²) in [6.07, 6.45) is 32.8. The van der Waals surface area contributed by atoms with E-state index in [9.17, 15) is 35.4 Å². The Morgan fingerprint density at radius 2 is 0.897 bits per heavy atom. The van der Waals surface area contributed by atoms with Gasteiger partial charge in [0.05, 0.1) is 25.4 Å². The van der Waals surface area contributed by atoms with Gasteiger partial charge in [0.15, 0.2) is 6.29 Å². The molecule has 0 saturated carbocycles. The van der Waals surface area contributed by atoms with Crippen molar-refractivity contribution in [1.29, 1.82) is 0 Å². The summed E-state index contributed by atoms with van der Waals surface area (Å²) < 4.78 is 11.1. The lowest BCUT2D eigenvalue weighted by atomic mass is 9.98. The van der Waals surface area contributed by atoms with Gasteiger partial charge in [0.1, 0.15) is 30.5 Å². The third kappa shape index (κ3) is 28.6. The Balaban J connectivity index is 2.23. The number of rotatable bonds is 42. The van der Waals surface area contributed by atoms with E-state index >= 15 is 0 Å². The number of hydrogen-bond acceptors (Lipinski definition) is 9. The molecule has 346 valence electrons. The molecule has 1 saturated heterocycles. The summed E-state index contributed by atoms with van der Waals surface area (Å²) in [6, 6.07) is -0.984. The number of aliphatic hydroxyl groups excluding tert-OH is 6. The highest BCUT2D eigenvalue weighted by Gasteiger charge is 2.44. The number of aliphatic hydroxyl groups is 6. The molecule has 10 heteroatoms. The zero-order chi connectivity index (χ0) is 42.5. The number of carbonyl (C=O) groups is 1. The van der Waals surface area contributed by atoms with Crippen LogP contribution in [0.5, 0.6) is 0 Å². The van der Waals surface area contributed by atoms with E-state index in [0.717, 1.165) is 44.9 Å². The second kappa shape index (κ2) is 39.0. The second-order valence-corrected chi connectivity index (χ2v) is 17.8. The van der Waals surface area contributed by atoms with Crippen LogP contribution in [0.25, 0.3) is 0 Å². The summed E-state index contributed by atoms with van der Waals surface area (Å²) in [6.45, 7) is 3.60. The van der Waals surface area contributed by atoms with E-state index < -0.39 is 55.6 Å². The standard InChI is InChI=1S/C48H95NO9/c1-3-5-7-9-11-13-14-15-16-17-18-19-20-21-22-23-24-25-26-27-29-31-33-35-37-43(52)49-40(39-57-48-47(56)46(55)45(54)42(38-50)58-48)44(53)41(51)36-34-32-30-28-12-10-8-6-4-2/h40-42,44-48,50-51,53-56H,3-39H2,1-2H3,(H,49,52)/t40-,41+,42+,44-,45+,46?,47?,48+/m0/s1. The first-order valence-electron chi connectivity index (χ1n) is 24.8. The number of ether oxygens (including phenoxy) is 2. The number of amides is 1. The van der Waals surface area contributed by atoms with Gasteiger partial charge in [-0.25, -0.2) is 0 Å². The Morgan fingerprint density at radius 3 is 1.28 bits per heavy atom. The van der Waals surface area contributed by atoms with E-state index in [1.54, 1.807) is 0 Å². The first-order valence-corrected chi connectivity index (χ1v) is 24.8. The molecule has 0 aliphatic carbocycles. The predicted octanol–water partition coefficient (Wildman–Crippen LogP) is 9.70. The summed E-state index contributed by atoms with van der Waals surface area (Å²) in [5.41, 5.74) is 0. The topological polar surface area (TPSA) is 169 Å². The van der Waals surface area contributed by atoms with Crippen molar-refractivity contribution in [1.82, 2.24) is 5.32 Å². The van der Waals surface area contributed by atoms with Gasteiger partial charge in [-0.2, -0.15) is 0 Å². The lowest BCUT2D eigenvalue weighted by Crippen LogP contribution is -2.60. The van der Waals surface area contributed by atoms with Gasteiger partial charge in [0, 0.05) is 6.42 Å². The monoisotopic (exact) mass is 830 g/mol. The van der Waals surface area contributed by atoms with Crippen LogP contribution in [0, 0.1) is 0 Å². The average Bonchev–Trinajstić information content (AvgIpc) is 3.22. The first-order chi connectivity index (χ1) is 28.3. The third-order valence-electron chi connectivity index (χ3n) is 12.3. The highest BCUT2D eigenvalue weighted by atomic mass is 16.7. The number of unbranched alkanes of at least 4 members (excludes halogenated alkanes) is 31. The molecule has 10 nitrogen and oxygen atoms in total. The highest BCUT2D eigenvalue weighted by molar-refractivity contribution is 5.76. The van der Waals surface area contributed by atoms with Crippen LogP contribution in [-0.2, 0) is 14.3 Å². The van der Waals surface area contributed by atoms with Crippen LogP contribution in [0.15, 0.2) is 0 Å². The van der Waals surface area contributed by atoms with Crippen molar-refractivity contribution in [3.63, 3.8) is 0 Å². The van der Waals surface area contributed by atoms with Crippen LogP contribution in [0.1, 0.15) is 239 Å². The maximum atomic E-state index is 13.0. The Kier molecular flexibility index (Phi) is 37.1. The van der Waals surface area contributed by atoms with Crippen LogP contribution in [-0.4, -0.2) is 98.7 Å².